The predicted octanol–water partition coefficient (Wildman–Crippen LogP) is 4.77. The van der Waals surface area contributed by atoms with Crippen LogP contribution >= 0.6 is 23.5 Å². The first-order valence-corrected chi connectivity index (χ1v) is 10.3. The molecule has 0 spiro atoms. The van der Waals surface area contributed by atoms with Gasteiger partial charge in [-0.05, 0) is 53.9 Å². The molecule has 1 amide bonds. The average molecular weight is 457 g/mol. The Bertz CT molecular complexity index is 922. The van der Waals surface area contributed by atoms with Crippen molar-refractivity contribution in [2.24, 2.45) is 10.2 Å². The van der Waals surface area contributed by atoms with Gasteiger partial charge in [0, 0.05) is 4.90 Å². The number of rotatable bonds is 8. The molecule has 1 aliphatic heterocycles. The average Bonchev–Trinajstić information content (AvgIpc) is 3.03. The number of benzene rings is 2. The van der Waals surface area contributed by atoms with Crippen LogP contribution in [0.1, 0.15) is 11.1 Å². The molecule has 5 nitrogen and oxygen atoms in total. The van der Waals surface area contributed by atoms with Crippen molar-refractivity contribution in [1.29, 1.82) is 0 Å². The number of carbonyl (C=O) groups is 1. The third-order valence-electron chi connectivity index (χ3n) is 3.81. The van der Waals surface area contributed by atoms with Gasteiger partial charge in [0.05, 0.1) is 11.5 Å². The summed E-state index contributed by atoms with van der Waals surface area (Å²) >= 11 is 1.69. The molecular formula is C19H15F4N3O2S2. The molecule has 1 heterocycles. The van der Waals surface area contributed by atoms with Gasteiger partial charge in [-0.15, -0.1) is 5.10 Å². The number of amidine groups is 1. The van der Waals surface area contributed by atoms with E-state index in [-0.39, 0.29) is 11.7 Å². The Kier molecular flexibility index (Phi) is 7.75. The summed E-state index contributed by atoms with van der Waals surface area (Å²) in [5.41, 5.74) is 1.46. The van der Waals surface area contributed by atoms with Crippen molar-refractivity contribution in [2.75, 3.05) is 0 Å². The fourth-order valence-electron chi connectivity index (χ4n) is 2.49. The molecule has 1 N–H and O–H groups in total. The van der Waals surface area contributed by atoms with E-state index in [4.69, 9.17) is 0 Å². The van der Waals surface area contributed by atoms with E-state index in [1.807, 2.05) is 0 Å². The van der Waals surface area contributed by atoms with Crippen molar-refractivity contribution >= 4 is 40.8 Å². The number of thioether (sulfide) groups is 2. The monoisotopic (exact) mass is 457 g/mol. The zero-order chi connectivity index (χ0) is 21.5. The van der Waals surface area contributed by atoms with Gasteiger partial charge in [0.2, 0.25) is 5.91 Å². The topological polar surface area (TPSA) is 63.0 Å². The van der Waals surface area contributed by atoms with E-state index >= 15 is 0 Å². The van der Waals surface area contributed by atoms with Gasteiger partial charge in [-0.2, -0.15) is 22.7 Å². The standard InChI is InChI=1S/C19H15F4N3O2S2/c20-17(21)28-13-5-1-12(2-6-13)10-24-26-19-25-16(27)15(30-19)9-11-3-7-14(8-4-11)29-18(22)23/h1-8,10,15,17-18H,9H2,(H,25,26,27). The van der Waals surface area contributed by atoms with Crippen molar-refractivity contribution < 1.29 is 27.1 Å². The first-order chi connectivity index (χ1) is 14.4. The summed E-state index contributed by atoms with van der Waals surface area (Å²) in [6, 6.07) is 12.5. The summed E-state index contributed by atoms with van der Waals surface area (Å²) in [6.07, 6.45) is 1.84. The van der Waals surface area contributed by atoms with Gasteiger partial charge in [0.25, 0.3) is 5.76 Å². The highest BCUT2D eigenvalue weighted by Gasteiger charge is 2.30. The van der Waals surface area contributed by atoms with E-state index in [9.17, 15) is 22.4 Å². The molecule has 30 heavy (non-hydrogen) atoms. The fraction of sp³-hybridized carbons (Fsp3) is 0.211. The number of alkyl halides is 4. The van der Waals surface area contributed by atoms with E-state index in [2.05, 4.69) is 20.3 Å². The summed E-state index contributed by atoms with van der Waals surface area (Å²) in [4.78, 5) is 12.6. The van der Waals surface area contributed by atoms with Crippen LogP contribution in [0.3, 0.4) is 0 Å². The normalized spacial score (nSPS) is 18.0. The second-order valence-electron chi connectivity index (χ2n) is 5.92. The van der Waals surface area contributed by atoms with Crippen molar-refractivity contribution in [3.05, 3.63) is 59.7 Å². The number of hydrogen-bond acceptors (Lipinski definition) is 6. The van der Waals surface area contributed by atoms with Gasteiger partial charge in [-0.1, -0.05) is 35.7 Å². The Morgan fingerprint density at radius 2 is 1.80 bits per heavy atom. The number of nitrogens with one attached hydrogen (secondary N) is 1. The molecule has 1 fully saturated rings. The van der Waals surface area contributed by atoms with Crippen LogP contribution in [0.15, 0.2) is 63.6 Å². The van der Waals surface area contributed by atoms with Crippen LogP contribution in [0.4, 0.5) is 17.6 Å². The van der Waals surface area contributed by atoms with Crippen LogP contribution in [0.25, 0.3) is 0 Å². The highest BCUT2D eigenvalue weighted by atomic mass is 32.2. The third-order valence-corrected chi connectivity index (χ3v) is 5.60. The molecule has 1 saturated heterocycles. The van der Waals surface area contributed by atoms with Crippen LogP contribution < -0.4 is 10.1 Å². The number of hydrogen-bond donors (Lipinski definition) is 1. The molecule has 3 rings (SSSR count). The van der Waals surface area contributed by atoms with E-state index in [0.717, 1.165) is 5.56 Å². The lowest BCUT2D eigenvalue weighted by Crippen LogP contribution is -2.25. The quantitative estimate of drug-likeness (QED) is 0.269. The smallest absolute Gasteiger partial charge is 0.387 e. The Morgan fingerprint density at radius 1 is 1.10 bits per heavy atom. The van der Waals surface area contributed by atoms with Gasteiger partial charge < -0.3 is 10.1 Å². The second kappa shape index (κ2) is 10.5. The zero-order valence-corrected chi connectivity index (χ0v) is 16.8. The van der Waals surface area contributed by atoms with Crippen molar-refractivity contribution in [3.63, 3.8) is 0 Å². The van der Waals surface area contributed by atoms with Crippen LogP contribution in [-0.4, -0.2) is 34.9 Å². The van der Waals surface area contributed by atoms with Crippen molar-refractivity contribution in [2.45, 2.75) is 28.9 Å². The number of amides is 1. The Hall–Kier alpha value is -2.53. The molecule has 158 valence electrons. The number of nitrogens with zero attached hydrogens (tertiary/aromatic N) is 2. The number of halogens is 4. The summed E-state index contributed by atoms with van der Waals surface area (Å²) in [6.45, 7) is -2.89. The molecule has 1 unspecified atom stereocenters. The minimum absolute atomic E-state index is 0.0377. The molecule has 2 aromatic carbocycles. The van der Waals surface area contributed by atoms with Crippen LogP contribution in [-0.2, 0) is 11.2 Å². The molecule has 0 radical (unpaired) electrons. The molecule has 0 bridgehead atoms. The summed E-state index contributed by atoms with van der Waals surface area (Å²) < 4.78 is 53.2. The van der Waals surface area contributed by atoms with E-state index in [1.165, 1.54) is 30.1 Å². The van der Waals surface area contributed by atoms with Crippen LogP contribution in [0.5, 0.6) is 5.75 Å². The molecule has 0 aliphatic carbocycles. The second-order valence-corrected chi connectivity index (χ2v) is 8.17. The Labute approximate surface area is 178 Å². The van der Waals surface area contributed by atoms with Gasteiger partial charge in [-0.3, -0.25) is 4.79 Å². The summed E-state index contributed by atoms with van der Waals surface area (Å²) in [5.74, 6) is -2.65. The molecule has 11 heteroatoms. The van der Waals surface area contributed by atoms with E-state index < -0.39 is 17.6 Å². The highest BCUT2D eigenvalue weighted by molar-refractivity contribution is 8.15. The fourth-order valence-corrected chi connectivity index (χ4v) is 3.95. The lowest BCUT2D eigenvalue weighted by atomic mass is 10.1. The van der Waals surface area contributed by atoms with Gasteiger partial charge in [0.1, 0.15) is 5.75 Å². The van der Waals surface area contributed by atoms with E-state index in [1.54, 1.807) is 36.4 Å². The van der Waals surface area contributed by atoms with E-state index in [0.29, 0.717) is 33.8 Å². The lowest BCUT2D eigenvalue weighted by molar-refractivity contribution is -0.118. The highest BCUT2D eigenvalue weighted by Crippen LogP contribution is 2.27. The minimum atomic E-state index is -2.89. The molecular weight excluding hydrogens is 442 g/mol. The first kappa shape index (κ1) is 22.2. The van der Waals surface area contributed by atoms with Crippen LogP contribution in [0.2, 0.25) is 0 Å². The SMILES string of the molecule is O=C1NC(=NN=Cc2ccc(OC(F)F)cc2)SC1Cc1ccc(SC(F)F)cc1. The number of ether oxygens (including phenoxy) is 1. The van der Waals surface area contributed by atoms with Crippen molar-refractivity contribution in [1.82, 2.24) is 5.32 Å². The Balaban J connectivity index is 1.54. The molecule has 1 atom stereocenters. The first-order valence-electron chi connectivity index (χ1n) is 8.56. The zero-order valence-electron chi connectivity index (χ0n) is 15.2. The summed E-state index contributed by atoms with van der Waals surface area (Å²) in [7, 11) is 0. The minimum Gasteiger partial charge on any atom is -0.435 e. The Morgan fingerprint density at radius 3 is 2.43 bits per heavy atom. The molecule has 1 aliphatic rings. The maximum absolute atomic E-state index is 12.4. The lowest BCUT2D eigenvalue weighted by Gasteiger charge is -2.06. The third kappa shape index (κ3) is 6.77. The molecule has 0 saturated carbocycles. The van der Waals surface area contributed by atoms with Gasteiger partial charge in [-0.25, -0.2) is 0 Å². The number of carbonyl (C=O) groups excluding carboxylic acids is 1. The van der Waals surface area contributed by atoms with Crippen LogP contribution in [0, 0.1) is 0 Å². The summed E-state index contributed by atoms with van der Waals surface area (Å²) in [5, 5.41) is 10.4. The van der Waals surface area contributed by atoms with Crippen molar-refractivity contribution in [3.8, 4) is 5.75 Å². The molecule has 0 aromatic heterocycles. The van der Waals surface area contributed by atoms with Gasteiger partial charge >= 0.3 is 6.61 Å². The maximum Gasteiger partial charge on any atom is 0.387 e. The molecule has 2 aromatic rings. The largest absolute Gasteiger partial charge is 0.435 e. The predicted molar refractivity (Wildman–Crippen MR) is 110 cm³/mol. The van der Waals surface area contributed by atoms with Gasteiger partial charge in [0.15, 0.2) is 5.17 Å². The maximum atomic E-state index is 12.4.